The third kappa shape index (κ3) is 3.26. The number of phenols is 1. The predicted molar refractivity (Wildman–Crippen MR) is 74.7 cm³/mol. The summed E-state index contributed by atoms with van der Waals surface area (Å²) in [5.41, 5.74) is 6.99. The number of aromatic hydroxyl groups is 1. The number of carbonyl (C=O) groups is 1. The van der Waals surface area contributed by atoms with Crippen molar-refractivity contribution in [3.63, 3.8) is 0 Å². The maximum absolute atomic E-state index is 12.3. The smallest absolute Gasteiger partial charge is 0.240 e. The summed E-state index contributed by atoms with van der Waals surface area (Å²) in [6, 6.07) is 6.63. The molecule has 3 atom stereocenters. The molecule has 1 aliphatic heterocycles. The van der Waals surface area contributed by atoms with E-state index in [2.05, 4.69) is 13.8 Å². The number of rotatable bonds is 3. The van der Waals surface area contributed by atoms with Crippen molar-refractivity contribution in [3.05, 3.63) is 29.8 Å². The summed E-state index contributed by atoms with van der Waals surface area (Å²) >= 11 is 0. The monoisotopic (exact) mass is 262 g/mol. The van der Waals surface area contributed by atoms with Gasteiger partial charge in [-0.1, -0.05) is 19.1 Å². The highest BCUT2D eigenvalue weighted by Gasteiger charge is 2.32. The summed E-state index contributed by atoms with van der Waals surface area (Å²) in [6.07, 6.45) is 1.56. The topological polar surface area (TPSA) is 66.6 Å². The first-order valence-electron chi connectivity index (χ1n) is 6.81. The van der Waals surface area contributed by atoms with Crippen LogP contribution in [0, 0.1) is 5.92 Å². The first-order valence-corrected chi connectivity index (χ1v) is 6.81. The molecule has 1 aliphatic rings. The molecule has 4 heteroatoms. The maximum atomic E-state index is 12.3. The van der Waals surface area contributed by atoms with Crippen molar-refractivity contribution < 1.29 is 9.90 Å². The molecule has 1 heterocycles. The molecular weight excluding hydrogens is 240 g/mol. The van der Waals surface area contributed by atoms with Crippen LogP contribution in [0.2, 0.25) is 0 Å². The first-order chi connectivity index (χ1) is 8.97. The van der Waals surface area contributed by atoms with Crippen molar-refractivity contribution in [2.24, 2.45) is 11.7 Å². The quantitative estimate of drug-likeness (QED) is 0.868. The lowest BCUT2D eigenvalue weighted by Crippen LogP contribution is -2.46. The van der Waals surface area contributed by atoms with Gasteiger partial charge in [0.25, 0.3) is 0 Å². The third-order valence-corrected chi connectivity index (χ3v) is 3.78. The fourth-order valence-electron chi connectivity index (χ4n) is 2.79. The Labute approximate surface area is 114 Å². The molecule has 0 spiro atoms. The Morgan fingerprint density at radius 1 is 1.42 bits per heavy atom. The standard InChI is InChI=1S/C15H22N2O2/c1-10-7-11(2)17(9-10)15(19)14(16)8-12-3-5-13(18)6-4-12/h3-6,10-11,14,18H,7-9,16H2,1-2H3/t10?,11?,14-/m1/s1. The number of hydrogen-bond donors (Lipinski definition) is 2. The van der Waals surface area contributed by atoms with Gasteiger partial charge in [0.2, 0.25) is 5.91 Å². The SMILES string of the molecule is CC1CC(C)N(C(=O)[C@H](N)Cc2ccc(O)cc2)C1. The fraction of sp³-hybridized carbons (Fsp3) is 0.533. The average Bonchev–Trinajstić information content (AvgIpc) is 2.70. The van der Waals surface area contributed by atoms with Gasteiger partial charge in [-0.3, -0.25) is 4.79 Å². The van der Waals surface area contributed by atoms with Crippen LogP contribution in [0.15, 0.2) is 24.3 Å². The highest BCUT2D eigenvalue weighted by Crippen LogP contribution is 2.23. The summed E-state index contributed by atoms with van der Waals surface area (Å²) in [5.74, 6) is 0.815. The fourth-order valence-corrected chi connectivity index (χ4v) is 2.79. The molecule has 1 saturated heterocycles. The van der Waals surface area contributed by atoms with Gasteiger partial charge in [-0.2, -0.15) is 0 Å². The summed E-state index contributed by atoms with van der Waals surface area (Å²) in [4.78, 5) is 14.2. The zero-order valence-corrected chi connectivity index (χ0v) is 11.5. The van der Waals surface area contributed by atoms with Crippen LogP contribution in [-0.4, -0.2) is 34.5 Å². The molecule has 4 nitrogen and oxygen atoms in total. The van der Waals surface area contributed by atoms with E-state index < -0.39 is 6.04 Å². The van der Waals surface area contributed by atoms with E-state index in [1.165, 1.54) is 0 Å². The van der Waals surface area contributed by atoms with Gasteiger partial charge in [0, 0.05) is 12.6 Å². The summed E-state index contributed by atoms with van der Waals surface area (Å²) in [6.45, 7) is 5.05. The second-order valence-electron chi connectivity index (χ2n) is 5.66. The van der Waals surface area contributed by atoms with Crippen LogP contribution in [0.25, 0.3) is 0 Å². The Kier molecular flexibility index (Phi) is 4.10. The Morgan fingerprint density at radius 2 is 2.05 bits per heavy atom. The Morgan fingerprint density at radius 3 is 2.58 bits per heavy atom. The Balaban J connectivity index is 1.97. The van der Waals surface area contributed by atoms with E-state index in [4.69, 9.17) is 5.73 Å². The second kappa shape index (κ2) is 5.61. The molecule has 0 aromatic heterocycles. The molecule has 3 N–H and O–H groups in total. The van der Waals surface area contributed by atoms with E-state index in [1.807, 2.05) is 4.90 Å². The van der Waals surface area contributed by atoms with Crippen LogP contribution in [0.5, 0.6) is 5.75 Å². The predicted octanol–water partition coefficient (Wildman–Crippen LogP) is 1.52. The lowest BCUT2D eigenvalue weighted by atomic mass is 10.1. The summed E-state index contributed by atoms with van der Waals surface area (Å²) in [5, 5.41) is 9.23. The molecule has 1 aromatic rings. The van der Waals surface area contributed by atoms with Crippen LogP contribution >= 0.6 is 0 Å². The molecule has 19 heavy (non-hydrogen) atoms. The summed E-state index contributed by atoms with van der Waals surface area (Å²) < 4.78 is 0. The van der Waals surface area contributed by atoms with Gasteiger partial charge in [-0.15, -0.1) is 0 Å². The Hall–Kier alpha value is -1.55. The first kappa shape index (κ1) is 13.9. The number of amides is 1. The van der Waals surface area contributed by atoms with Crippen LogP contribution in [0.3, 0.4) is 0 Å². The minimum absolute atomic E-state index is 0.0323. The van der Waals surface area contributed by atoms with Crippen molar-refractivity contribution in [2.45, 2.75) is 38.8 Å². The zero-order chi connectivity index (χ0) is 14.0. The zero-order valence-electron chi connectivity index (χ0n) is 11.5. The number of phenolic OH excluding ortho intramolecular Hbond substituents is 1. The molecule has 2 rings (SSSR count). The molecule has 1 aromatic carbocycles. The van der Waals surface area contributed by atoms with Gasteiger partial charge in [0.15, 0.2) is 0 Å². The van der Waals surface area contributed by atoms with Crippen molar-refractivity contribution in [1.82, 2.24) is 4.90 Å². The maximum Gasteiger partial charge on any atom is 0.240 e. The van der Waals surface area contributed by atoms with E-state index in [0.29, 0.717) is 12.3 Å². The van der Waals surface area contributed by atoms with E-state index in [1.54, 1.807) is 24.3 Å². The van der Waals surface area contributed by atoms with Gasteiger partial charge in [-0.05, 0) is 43.4 Å². The number of carbonyl (C=O) groups excluding carboxylic acids is 1. The molecule has 0 aliphatic carbocycles. The van der Waals surface area contributed by atoms with Gasteiger partial charge in [0.05, 0.1) is 6.04 Å². The number of benzene rings is 1. The molecule has 0 radical (unpaired) electrons. The number of hydrogen-bond acceptors (Lipinski definition) is 3. The lowest BCUT2D eigenvalue weighted by Gasteiger charge is -2.25. The van der Waals surface area contributed by atoms with Crippen molar-refractivity contribution >= 4 is 5.91 Å². The van der Waals surface area contributed by atoms with E-state index >= 15 is 0 Å². The van der Waals surface area contributed by atoms with E-state index in [-0.39, 0.29) is 17.7 Å². The van der Waals surface area contributed by atoms with Crippen LogP contribution in [0.4, 0.5) is 0 Å². The molecule has 1 amide bonds. The second-order valence-corrected chi connectivity index (χ2v) is 5.66. The van der Waals surface area contributed by atoms with Gasteiger partial charge in [0.1, 0.15) is 5.75 Å². The molecular formula is C15H22N2O2. The van der Waals surface area contributed by atoms with Gasteiger partial charge >= 0.3 is 0 Å². The highest BCUT2D eigenvalue weighted by atomic mass is 16.3. The normalized spacial score (nSPS) is 24.5. The van der Waals surface area contributed by atoms with Crippen molar-refractivity contribution in [1.29, 1.82) is 0 Å². The molecule has 0 bridgehead atoms. The minimum Gasteiger partial charge on any atom is -0.508 e. The molecule has 104 valence electrons. The van der Waals surface area contributed by atoms with Crippen LogP contribution < -0.4 is 5.73 Å². The van der Waals surface area contributed by atoms with Crippen molar-refractivity contribution in [3.8, 4) is 5.75 Å². The highest BCUT2D eigenvalue weighted by molar-refractivity contribution is 5.82. The Bertz CT molecular complexity index is 444. The molecule has 1 fully saturated rings. The van der Waals surface area contributed by atoms with Crippen LogP contribution in [0.1, 0.15) is 25.8 Å². The minimum atomic E-state index is -0.503. The van der Waals surface area contributed by atoms with Gasteiger partial charge in [-0.25, -0.2) is 0 Å². The summed E-state index contributed by atoms with van der Waals surface area (Å²) in [7, 11) is 0. The van der Waals surface area contributed by atoms with E-state index in [0.717, 1.165) is 18.5 Å². The molecule has 2 unspecified atom stereocenters. The average molecular weight is 262 g/mol. The lowest BCUT2D eigenvalue weighted by molar-refractivity contribution is -0.133. The number of nitrogens with two attached hydrogens (primary N) is 1. The number of nitrogens with zero attached hydrogens (tertiary/aromatic N) is 1. The van der Waals surface area contributed by atoms with Crippen molar-refractivity contribution in [2.75, 3.05) is 6.54 Å². The van der Waals surface area contributed by atoms with Gasteiger partial charge < -0.3 is 15.7 Å². The van der Waals surface area contributed by atoms with E-state index in [9.17, 15) is 9.90 Å². The third-order valence-electron chi connectivity index (χ3n) is 3.78. The van der Waals surface area contributed by atoms with Crippen LogP contribution in [-0.2, 0) is 11.2 Å². The largest absolute Gasteiger partial charge is 0.508 e. The number of likely N-dealkylation sites (tertiary alicyclic amines) is 1. The molecule has 0 saturated carbocycles.